The molecule has 1 saturated heterocycles. The molecule has 3 amide bonds. The molecule has 3 aliphatic rings. The summed E-state index contributed by atoms with van der Waals surface area (Å²) in [5.74, 6) is 6.78. The predicted molar refractivity (Wildman–Crippen MR) is 199 cm³/mol. The highest BCUT2D eigenvalue weighted by Crippen LogP contribution is 2.34. The van der Waals surface area contributed by atoms with Gasteiger partial charge in [0.2, 0.25) is 17.7 Å². The number of carbonyl (C=O) groups excluding carboxylic acids is 3. The van der Waals surface area contributed by atoms with Crippen molar-refractivity contribution in [2.45, 2.75) is 50.5 Å². The molecule has 1 unspecified atom stereocenters. The fourth-order valence-electron chi connectivity index (χ4n) is 7.07. The number of hydrogen-bond donors (Lipinski definition) is 2. The Morgan fingerprint density at radius 1 is 0.852 bits per heavy atom. The summed E-state index contributed by atoms with van der Waals surface area (Å²) in [6.45, 7) is 0.404. The van der Waals surface area contributed by atoms with Crippen molar-refractivity contribution in [3.8, 4) is 40.3 Å². The zero-order valence-corrected chi connectivity index (χ0v) is 29.4. The zero-order chi connectivity index (χ0) is 36.8. The molecule has 1 saturated carbocycles. The average Bonchev–Trinajstić information content (AvgIpc) is 3.70. The molecule has 2 fully saturated rings. The van der Waals surface area contributed by atoms with Crippen LogP contribution < -0.4 is 19.5 Å². The van der Waals surface area contributed by atoms with Crippen LogP contribution in [-0.2, 0) is 16.1 Å². The van der Waals surface area contributed by atoms with E-state index in [1.54, 1.807) is 36.7 Å². The van der Waals surface area contributed by atoms with E-state index in [1.165, 1.54) is 4.90 Å². The van der Waals surface area contributed by atoms with E-state index in [2.05, 4.69) is 55.3 Å². The monoisotopic (exact) mass is 738 g/mol. The van der Waals surface area contributed by atoms with Gasteiger partial charge in [-0.2, -0.15) is 0 Å². The van der Waals surface area contributed by atoms with Crippen LogP contribution in [0.1, 0.15) is 47.3 Å². The summed E-state index contributed by atoms with van der Waals surface area (Å²) in [5, 5.41) is 4.97. The van der Waals surface area contributed by atoms with Crippen molar-refractivity contribution < 1.29 is 28.6 Å². The van der Waals surface area contributed by atoms with Gasteiger partial charge in [0.15, 0.2) is 0 Å². The Morgan fingerprint density at radius 2 is 1.70 bits per heavy atom. The van der Waals surface area contributed by atoms with Gasteiger partial charge in [0.1, 0.15) is 42.0 Å². The van der Waals surface area contributed by atoms with Gasteiger partial charge in [-0.05, 0) is 65.9 Å². The van der Waals surface area contributed by atoms with Gasteiger partial charge >= 0.3 is 0 Å². The third-order valence-corrected chi connectivity index (χ3v) is 10.2. The summed E-state index contributed by atoms with van der Waals surface area (Å²) in [4.78, 5) is 54.8. The first kappa shape index (κ1) is 33.4. The number of H-pyrrole nitrogens is 1. The van der Waals surface area contributed by atoms with Gasteiger partial charge in [0.05, 0.1) is 16.7 Å². The SMILES string of the molecule is O=C1CCC(N2Cc3cc(OCC#Cc4ccc(OC5CC(Oc6ccc(-c7ccc8c(c7)[nH]c7c(Cl)cncc78)cn6)C5)cn4)ccc3C2=O)C(=O)N1. The van der Waals surface area contributed by atoms with Crippen LogP contribution in [0, 0.1) is 11.8 Å². The standard InChI is InChI=1S/C41H31ClN6O6/c42-34-21-43-20-33-32-8-3-23(15-35(32)46-39(33)34)24-4-12-38(45-18-24)54-30-16-29(17-30)53-28-6-5-26(44-19-28)2-1-13-52-27-7-9-31-25(14-27)22-48(41(31)51)36-10-11-37(49)47-40(36)50/h3-9,12,14-15,18-21,29-30,36,46H,10-11,13,16-17,22H2,(H,47,49,50). The number of nitrogens with zero attached hydrogens (tertiary/aromatic N) is 4. The molecule has 6 aromatic rings. The lowest BCUT2D eigenvalue weighted by Gasteiger charge is -2.34. The first-order valence-electron chi connectivity index (χ1n) is 17.5. The Bertz CT molecular complexity index is 2520. The second-order valence-electron chi connectivity index (χ2n) is 13.5. The first-order valence-corrected chi connectivity index (χ1v) is 17.9. The van der Waals surface area contributed by atoms with Crippen LogP contribution in [0.3, 0.4) is 0 Å². The summed E-state index contributed by atoms with van der Waals surface area (Å²) >= 11 is 6.33. The molecule has 54 heavy (non-hydrogen) atoms. The van der Waals surface area contributed by atoms with Crippen molar-refractivity contribution in [3.63, 3.8) is 0 Å². The van der Waals surface area contributed by atoms with E-state index in [0.29, 0.717) is 40.1 Å². The van der Waals surface area contributed by atoms with Crippen molar-refractivity contribution in [1.82, 2.24) is 30.2 Å². The highest BCUT2D eigenvalue weighted by atomic mass is 35.5. The molecular weight excluding hydrogens is 708 g/mol. The van der Waals surface area contributed by atoms with Crippen LogP contribution in [0.15, 0.2) is 85.5 Å². The number of carbonyl (C=O) groups is 3. The molecule has 12 nitrogen and oxygen atoms in total. The molecule has 4 aromatic heterocycles. The van der Waals surface area contributed by atoms with Crippen LogP contribution in [0.4, 0.5) is 0 Å². The number of hydrogen-bond acceptors (Lipinski definition) is 9. The molecule has 0 bridgehead atoms. The van der Waals surface area contributed by atoms with Gasteiger partial charge in [-0.25, -0.2) is 9.97 Å². The number of aromatic nitrogens is 4. The van der Waals surface area contributed by atoms with Crippen LogP contribution in [0.5, 0.6) is 17.4 Å². The number of nitrogens with one attached hydrogen (secondary N) is 2. The Hall–Kier alpha value is -6.45. The Kier molecular flexibility index (Phi) is 8.56. The molecule has 2 aliphatic heterocycles. The summed E-state index contributed by atoms with van der Waals surface area (Å²) in [6, 6.07) is 18.3. The molecule has 9 rings (SSSR count). The van der Waals surface area contributed by atoms with E-state index in [1.807, 2.05) is 30.6 Å². The van der Waals surface area contributed by atoms with Crippen molar-refractivity contribution >= 4 is 51.1 Å². The molecule has 1 aliphatic carbocycles. The highest BCUT2D eigenvalue weighted by Gasteiger charge is 2.39. The Balaban J connectivity index is 0.726. The molecule has 2 aromatic carbocycles. The van der Waals surface area contributed by atoms with Crippen molar-refractivity contribution in [1.29, 1.82) is 0 Å². The molecule has 13 heteroatoms. The molecule has 268 valence electrons. The van der Waals surface area contributed by atoms with E-state index in [9.17, 15) is 14.4 Å². The second-order valence-corrected chi connectivity index (χ2v) is 13.9. The molecular formula is C41H31ClN6O6. The van der Waals surface area contributed by atoms with E-state index >= 15 is 0 Å². The van der Waals surface area contributed by atoms with Crippen LogP contribution >= 0.6 is 11.6 Å². The number of fused-ring (bicyclic) bond motifs is 4. The largest absolute Gasteiger partial charge is 0.489 e. The smallest absolute Gasteiger partial charge is 0.255 e. The third kappa shape index (κ3) is 6.54. The lowest BCUT2D eigenvalue weighted by molar-refractivity contribution is -0.136. The minimum Gasteiger partial charge on any atom is -0.489 e. The number of benzene rings is 2. The maximum atomic E-state index is 12.9. The van der Waals surface area contributed by atoms with E-state index in [0.717, 1.165) is 51.3 Å². The fourth-order valence-corrected chi connectivity index (χ4v) is 7.27. The summed E-state index contributed by atoms with van der Waals surface area (Å²) in [6.07, 6.45) is 8.97. The molecule has 1 atom stereocenters. The first-order chi connectivity index (χ1) is 26.3. The van der Waals surface area contributed by atoms with E-state index in [-0.39, 0.29) is 43.6 Å². The van der Waals surface area contributed by atoms with Gasteiger partial charge < -0.3 is 24.1 Å². The number of aromatic amines is 1. The average molecular weight is 739 g/mol. The highest BCUT2D eigenvalue weighted by molar-refractivity contribution is 6.36. The van der Waals surface area contributed by atoms with Gasteiger partial charge in [0, 0.05) is 77.9 Å². The van der Waals surface area contributed by atoms with Crippen molar-refractivity contribution in [2.24, 2.45) is 0 Å². The number of ether oxygens (including phenoxy) is 3. The topological polar surface area (TPSA) is 149 Å². The van der Waals surface area contributed by atoms with Crippen molar-refractivity contribution in [2.75, 3.05) is 6.61 Å². The Labute approximate surface area is 313 Å². The summed E-state index contributed by atoms with van der Waals surface area (Å²) in [5.41, 5.74) is 5.75. The van der Waals surface area contributed by atoms with Crippen LogP contribution in [0.25, 0.3) is 32.9 Å². The van der Waals surface area contributed by atoms with Gasteiger partial charge in [-0.1, -0.05) is 29.7 Å². The summed E-state index contributed by atoms with van der Waals surface area (Å²) < 4.78 is 18.0. The summed E-state index contributed by atoms with van der Waals surface area (Å²) in [7, 11) is 0. The third-order valence-electron chi connectivity index (χ3n) is 9.94. The lowest BCUT2D eigenvalue weighted by atomic mass is 9.92. The number of pyridine rings is 3. The van der Waals surface area contributed by atoms with Crippen LogP contribution in [-0.4, -0.2) is 67.4 Å². The second kappa shape index (κ2) is 13.8. The van der Waals surface area contributed by atoms with E-state index in [4.69, 9.17) is 25.8 Å². The predicted octanol–water partition coefficient (Wildman–Crippen LogP) is 6.01. The maximum Gasteiger partial charge on any atom is 0.255 e. The Morgan fingerprint density at radius 3 is 2.52 bits per heavy atom. The molecule has 6 heterocycles. The normalized spacial score (nSPS) is 19.2. The maximum absolute atomic E-state index is 12.9. The lowest BCUT2D eigenvalue weighted by Crippen LogP contribution is -2.52. The molecule has 2 N–H and O–H groups in total. The minimum absolute atomic E-state index is 0.0166. The van der Waals surface area contributed by atoms with Gasteiger partial charge in [-0.3, -0.25) is 24.7 Å². The van der Waals surface area contributed by atoms with Crippen LogP contribution in [0.2, 0.25) is 5.02 Å². The van der Waals surface area contributed by atoms with E-state index < -0.39 is 11.9 Å². The number of halogens is 1. The fraction of sp³-hybridized carbons (Fsp3) is 0.220. The number of imide groups is 1. The van der Waals surface area contributed by atoms with Crippen molar-refractivity contribution in [3.05, 3.63) is 107 Å². The molecule has 0 spiro atoms. The van der Waals surface area contributed by atoms with Gasteiger partial charge in [-0.15, -0.1) is 0 Å². The number of amides is 3. The molecule has 0 radical (unpaired) electrons. The van der Waals surface area contributed by atoms with Gasteiger partial charge in [0.25, 0.3) is 5.91 Å². The quantitative estimate of drug-likeness (QED) is 0.142. The minimum atomic E-state index is -0.658. The zero-order valence-electron chi connectivity index (χ0n) is 28.7. The number of piperidine rings is 1. The number of rotatable bonds is 8.